The molecule has 0 N–H and O–H groups in total. The van der Waals surface area contributed by atoms with Crippen molar-refractivity contribution < 1.29 is 42.8 Å². The van der Waals surface area contributed by atoms with Crippen LogP contribution < -0.4 is 0 Å². The summed E-state index contributed by atoms with van der Waals surface area (Å²) >= 11 is 0. The Kier molecular flexibility index (Phi) is 10.9. The van der Waals surface area contributed by atoms with Crippen LogP contribution >= 0.6 is 0 Å². The van der Waals surface area contributed by atoms with Gasteiger partial charge in [-0.05, 0) is 0 Å². The smallest absolute Gasteiger partial charge is 0.303 e. The molecule has 0 saturated heterocycles. The number of hydrogen-bond donors (Lipinski definition) is 0. The molecule has 9 nitrogen and oxygen atoms in total. The van der Waals surface area contributed by atoms with Crippen molar-refractivity contribution in [1.82, 2.24) is 0 Å². The van der Waals surface area contributed by atoms with Crippen LogP contribution in [0, 0.1) is 0 Å². The molecule has 4 atom stereocenters. The molecule has 9 heteroatoms. The molecular formula is C15H26O9. The van der Waals surface area contributed by atoms with Gasteiger partial charge in [-0.25, -0.2) is 0 Å². The summed E-state index contributed by atoms with van der Waals surface area (Å²) in [5.41, 5.74) is 0. The van der Waals surface area contributed by atoms with Crippen molar-refractivity contribution in [2.75, 3.05) is 34.5 Å². The van der Waals surface area contributed by atoms with Gasteiger partial charge in [-0.2, -0.15) is 0 Å². The van der Waals surface area contributed by atoms with Crippen LogP contribution in [0.4, 0.5) is 0 Å². The number of rotatable bonds is 11. The summed E-state index contributed by atoms with van der Waals surface area (Å²) in [7, 11) is 4.16. The first kappa shape index (κ1) is 22.3. The molecule has 140 valence electrons. The third kappa shape index (κ3) is 8.23. The van der Waals surface area contributed by atoms with E-state index in [-0.39, 0.29) is 13.2 Å². The third-order valence-corrected chi connectivity index (χ3v) is 3.03. The first-order valence-corrected chi connectivity index (χ1v) is 7.29. The highest BCUT2D eigenvalue weighted by Crippen LogP contribution is 2.18. The Balaban J connectivity index is 5.46. The Labute approximate surface area is 141 Å². The molecule has 0 aliphatic carbocycles. The van der Waals surface area contributed by atoms with Crippen molar-refractivity contribution in [3.63, 3.8) is 0 Å². The van der Waals surface area contributed by atoms with Crippen LogP contribution in [0.15, 0.2) is 0 Å². The zero-order chi connectivity index (χ0) is 18.7. The Morgan fingerprint density at radius 1 is 0.708 bits per heavy atom. The first-order chi connectivity index (χ1) is 11.3. The lowest BCUT2D eigenvalue weighted by Gasteiger charge is -2.34. The maximum atomic E-state index is 11.5. The molecule has 0 spiro atoms. The minimum atomic E-state index is -0.989. The quantitative estimate of drug-likeness (QED) is 0.378. The van der Waals surface area contributed by atoms with Gasteiger partial charge in [0.2, 0.25) is 0 Å². The van der Waals surface area contributed by atoms with E-state index in [1.165, 1.54) is 42.1 Å². The number of esters is 3. The van der Waals surface area contributed by atoms with E-state index in [1.54, 1.807) is 0 Å². The fourth-order valence-electron chi connectivity index (χ4n) is 2.11. The molecule has 0 fully saturated rings. The van der Waals surface area contributed by atoms with Gasteiger partial charge in [0.15, 0.2) is 12.2 Å². The van der Waals surface area contributed by atoms with Crippen LogP contribution in [0.5, 0.6) is 0 Å². The zero-order valence-corrected chi connectivity index (χ0v) is 14.9. The summed E-state index contributed by atoms with van der Waals surface area (Å²) in [6.45, 7) is 3.55. The van der Waals surface area contributed by atoms with E-state index >= 15 is 0 Å². The van der Waals surface area contributed by atoms with Gasteiger partial charge in [-0.3, -0.25) is 14.4 Å². The molecule has 0 aliphatic rings. The summed E-state index contributed by atoms with van der Waals surface area (Å²) in [5, 5.41) is 0. The SMILES string of the molecule is COC[C@H](OC(C)=O)[C@@H](OC)[C@@H](OC(C)=O)[C@@H](COC(C)=O)OC. The van der Waals surface area contributed by atoms with Gasteiger partial charge in [0.05, 0.1) is 6.61 Å². The van der Waals surface area contributed by atoms with Crippen LogP contribution in [0.3, 0.4) is 0 Å². The molecule has 0 aromatic heterocycles. The van der Waals surface area contributed by atoms with Crippen LogP contribution in [0.2, 0.25) is 0 Å². The molecule has 0 saturated carbocycles. The monoisotopic (exact) mass is 350 g/mol. The van der Waals surface area contributed by atoms with E-state index < -0.39 is 42.3 Å². The molecule has 0 radical (unpaired) electrons. The van der Waals surface area contributed by atoms with Crippen LogP contribution in [-0.2, 0) is 42.8 Å². The Morgan fingerprint density at radius 2 is 1.29 bits per heavy atom. The van der Waals surface area contributed by atoms with Gasteiger partial charge >= 0.3 is 17.9 Å². The molecule has 0 aliphatic heterocycles. The van der Waals surface area contributed by atoms with Gasteiger partial charge < -0.3 is 28.4 Å². The number of ether oxygens (including phenoxy) is 6. The van der Waals surface area contributed by atoms with E-state index in [0.717, 1.165) is 0 Å². The molecule has 0 aromatic carbocycles. The van der Waals surface area contributed by atoms with Gasteiger partial charge in [0.25, 0.3) is 0 Å². The lowest BCUT2D eigenvalue weighted by Crippen LogP contribution is -2.52. The van der Waals surface area contributed by atoms with Crippen molar-refractivity contribution >= 4 is 17.9 Å². The minimum absolute atomic E-state index is 0.0137. The highest BCUT2D eigenvalue weighted by atomic mass is 16.6. The number of hydrogen-bond acceptors (Lipinski definition) is 9. The molecule has 0 amide bonds. The fourth-order valence-corrected chi connectivity index (χ4v) is 2.11. The maximum Gasteiger partial charge on any atom is 0.303 e. The van der Waals surface area contributed by atoms with Crippen molar-refractivity contribution in [3.8, 4) is 0 Å². The van der Waals surface area contributed by atoms with Crippen molar-refractivity contribution in [2.45, 2.75) is 45.2 Å². The molecule has 0 bridgehead atoms. The lowest BCUT2D eigenvalue weighted by atomic mass is 10.0. The van der Waals surface area contributed by atoms with Crippen molar-refractivity contribution in [1.29, 1.82) is 0 Å². The maximum absolute atomic E-state index is 11.5. The van der Waals surface area contributed by atoms with E-state index in [1.807, 2.05) is 0 Å². The second-order valence-electron chi connectivity index (χ2n) is 4.95. The third-order valence-electron chi connectivity index (χ3n) is 3.03. The Morgan fingerprint density at radius 3 is 1.67 bits per heavy atom. The standard InChI is InChI=1S/C15H26O9/c1-9(16)22-8-12(20-5)15(24-11(3)18)14(21-6)13(7-19-4)23-10(2)17/h12-15H,7-8H2,1-6H3/t12-,13+,14-,15+/m1/s1. The van der Waals surface area contributed by atoms with Crippen LogP contribution in [0.1, 0.15) is 20.8 Å². The van der Waals surface area contributed by atoms with Crippen LogP contribution in [0.25, 0.3) is 0 Å². The zero-order valence-electron chi connectivity index (χ0n) is 14.9. The second-order valence-corrected chi connectivity index (χ2v) is 4.95. The van der Waals surface area contributed by atoms with Gasteiger partial charge in [0, 0.05) is 42.1 Å². The van der Waals surface area contributed by atoms with E-state index in [0.29, 0.717) is 0 Å². The van der Waals surface area contributed by atoms with Crippen molar-refractivity contribution in [2.24, 2.45) is 0 Å². The molecule has 0 heterocycles. The van der Waals surface area contributed by atoms with E-state index in [4.69, 9.17) is 28.4 Å². The average Bonchev–Trinajstić information content (AvgIpc) is 2.47. The predicted molar refractivity (Wildman–Crippen MR) is 81.2 cm³/mol. The Bertz CT molecular complexity index is 410. The minimum Gasteiger partial charge on any atom is -0.463 e. The largest absolute Gasteiger partial charge is 0.463 e. The molecule has 24 heavy (non-hydrogen) atoms. The highest BCUT2D eigenvalue weighted by molar-refractivity contribution is 5.67. The van der Waals surface area contributed by atoms with Gasteiger partial charge in [-0.15, -0.1) is 0 Å². The van der Waals surface area contributed by atoms with Gasteiger partial charge in [-0.1, -0.05) is 0 Å². The Hall–Kier alpha value is -1.71. The topological polar surface area (TPSA) is 107 Å². The lowest BCUT2D eigenvalue weighted by molar-refractivity contribution is -0.194. The first-order valence-electron chi connectivity index (χ1n) is 7.29. The fraction of sp³-hybridized carbons (Fsp3) is 0.800. The summed E-state index contributed by atoms with van der Waals surface area (Å²) in [6.07, 6.45) is -3.55. The normalized spacial score (nSPS) is 15.8. The molecule has 0 aromatic rings. The average molecular weight is 350 g/mol. The summed E-state index contributed by atoms with van der Waals surface area (Å²) in [5.74, 6) is -1.65. The van der Waals surface area contributed by atoms with Gasteiger partial charge in [0.1, 0.15) is 18.8 Å². The molecule has 0 rings (SSSR count). The van der Waals surface area contributed by atoms with E-state index in [2.05, 4.69) is 0 Å². The van der Waals surface area contributed by atoms with E-state index in [9.17, 15) is 14.4 Å². The predicted octanol–water partition coefficient (Wildman–Crippen LogP) is 0.0893. The second kappa shape index (κ2) is 11.8. The summed E-state index contributed by atoms with van der Waals surface area (Å²) in [6, 6.07) is 0. The summed E-state index contributed by atoms with van der Waals surface area (Å²) < 4.78 is 31.0. The molecule has 0 unspecified atom stereocenters. The number of carbonyl (C=O) groups is 3. The molecular weight excluding hydrogens is 324 g/mol. The summed E-state index contributed by atoms with van der Waals surface area (Å²) in [4.78, 5) is 33.8. The van der Waals surface area contributed by atoms with Crippen LogP contribution in [-0.4, -0.2) is 76.9 Å². The highest BCUT2D eigenvalue weighted by Gasteiger charge is 2.40. The van der Waals surface area contributed by atoms with Crippen molar-refractivity contribution in [3.05, 3.63) is 0 Å². The number of methoxy groups -OCH3 is 3. The number of carbonyl (C=O) groups excluding carboxylic acids is 3.